The second-order valence-electron chi connectivity index (χ2n) is 5.78. The highest BCUT2D eigenvalue weighted by Crippen LogP contribution is 2.29. The summed E-state index contributed by atoms with van der Waals surface area (Å²) in [5.41, 5.74) is 3.14. The Labute approximate surface area is 128 Å². The quantitative estimate of drug-likeness (QED) is 0.910. The van der Waals surface area contributed by atoms with Crippen molar-refractivity contribution in [2.24, 2.45) is 0 Å². The van der Waals surface area contributed by atoms with Crippen LogP contribution in [-0.2, 0) is 16.1 Å². The molecular formula is C16H19ClN2O2. The fourth-order valence-electron chi connectivity index (χ4n) is 2.51. The molecule has 2 heterocycles. The average Bonchev–Trinajstić information content (AvgIpc) is 2.74. The first-order valence-corrected chi connectivity index (χ1v) is 7.62. The number of hydrogen-bond acceptors (Lipinski definition) is 2. The lowest BCUT2D eigenvalue weighted by Crippen LogP contribution is -2.42. The van der Waals surface area contributed by atoms with E-state index in [1.807, 2.05) is 12.1 Å². The monoisotopic (exact) mass is 306 g/mol. The largest absolute Gasteiger partial charge is 0.368 e. The molecule has 1 aliphatic heterocycles. The first kappa shape index (κ1) is 14.4. The first-order valence-electron chi connectivity index (χ1n) is 7.25. The van der Waals surface area contributed by atoms with Crippen molar-refractivity contribution in [1.29, 1.82) is 0 Å². The third-order valence-electron chi connectivity index (χ3n) is 3.86. The number of hydrogen-bond donors (Lipinski definition) is 2. The smallest absolute Gasteiger partial charge is 0.249 e. The summed E-state index contributed by atoms with van der Waals surface area (Å²) in [7, 11) is 0. The zero-order valence-electron chi connectivity index (χ0n) is 12.2. The highest BCUT2D eigenvalue weighted by molar-refractivity contribution is 6.32. The molecule has 0 bridgehead atoms. The minimum absolute atomic E-state index is 0.0409. The molecular weight excluding hydrogens is 288 g/mol. The molecule has 5 heteroatoms. The Morgan fingerprint density at radius 3 is 2.86 bits per heavy atom. The number of amides is 1. The van der Waals surface area contributed by atoms with E-state index in [-0.39, 0.29) is 12.0 Å². The third kappa shape index (κ3) is 2.92. The molecule has 1 fully saturated rings. The van der Waals surface area contributed by atoms with E-state index in [4.69, 9.17) is 16.3 Å². The van der Waals surface area contributed by atoms with Gasteiger partial charge < -0.3 is 15.0 Å². The number of halogens is 1. The zero-order valence-corrected chi connectivity index (χ0v) is 13.0. The van der Waals surface area contributed by atoms with Crippen LogP contribution < -0.4 is 5.32 Å². The van der Waals surface area contributed by atoms with Crippen molar-refractivity contribution in [2.45, 2.75) is 38.8 Å². The molecule has 2 N–H and O–H groups in total. The second-order valence-corrected chi connectivity index (χ2v) is 6.18. The van der Waals surface area contributed by atoms with Crippen LogP contribution in [0.15, 0.2) is 18.2 Å². The number of ether oxygens (including phenoxy) is 1. The van der Waals surface area contributed by atoms with Gasteiger partial charge in [-0.15, -0.1) is 0 Å². The number of benzene rings is 1. The van der Waals surface area contributed by atoms with Gasteiger partial charge in [0.25, 0.3) is 0 Å². The molecule has 1 unspecified atom stereocenters. The standard InChI is InChI=1S/C16H19ClN2O2/c1-9(2)12-7-14-10(6-13(12)17)5-11(19-14)8-18-16(20)15-3-4-21-15/h5-7,9,15,19H,3-4,8H2,1-2H3,(H,18,20). The molecule has 1 aromatic carbocycles. The van der Waals surface area contributed by atoms with Crippen molar-refractivity contribution < 1.29 is 9.53 Å². The summed E-state index contributed by atoms with van der Waals surface area (Å²) in [5, 5.41) is 4.74. The van der Waals surface area contributed by atoms with E-state index < -0.39 is 0 Å². The summed E-state index contributed by atoms with van der Waals surface area (Å²) < 4.78 is 5.16. The Hall–Kier alpha value is -1.52. The van der Waals surface area contributed by atoms with Crippen molar-refractivity contribution in [1.82, 2.24) is 10.3 Å². The van der Waals surface area contributed by atoms with Gasteiger partial charge in [0.05, 0.1) is 13.2 Å². The number of rotatable bonds is 4. The number of fused-ring (bicyclic) bond motifs is 1. The van der Waals surface area contributed by atoms with Crippen LogP contribution in [0.4, 0.5) is 0 Å². The van der Waals surface area contributed by atoms with Crippen LogP contribution in [0.2, 0.25) is 5.02 Å². The van der Waals surface area contributed by atoms with Crippen molar-refractivity contribution in [3.63, 3.8) is 0 Å². The molecule has 2 aromatic rings. The van der Waals surface area contributed by atoms with Crippen molar-refractivity contribution in [3.05, 3.63) is 34.5 Å². The van der Waals surface area contributed by atoms with Crippen molar-refractivity contribution >= 4 is 28.4 Å². The molecule has 3 rings (SSSR count). The molecule has 0 radical (unpaired) electrons. The summed E-state index contributed by atoms with van der Waals surface area (Å²) in [6.07, 6.45) is 0.544. The topological polar surface area (TPSA) is 54.1 Å². The summed E-state index contributed by atoms with van der Waals surface area (Å²) in [6.45, 7) is 5.40. The van der Waals surface area contributed by atoms with Gasteiger partial charge in [-0.3, -0.25) is 4.79 Å². The number of nitrogens with one attached hydrogen (secondary N) is 2. The molecule has 0 aliphatic carbocycles. The summed E-state index contributed by atoms with van der Waals surface area (Å²) >= 11 is 6.30. The van der Waals surface area contributed by atoms with Gasteiger partial charge in [-0.25, -0.2) is 0 Å². The van der Waals surface area contributed by atoms with Crippen LogP contribution in [0.5, 0.6) is 0 Å². The Balaban J connectivity index is 1.75. The predicted molar refractivity (Wildman–Crippen MR) is 83.6 cm³/mol. The fraction of sp³-hybridized carbons (Fsp3) is 0.438. The maximum atomic E-state index is 11.7. The maximum absolute atomic E-state index is 11.7. The van der Waals surface area contributed by atoms with E-state index >= 15 is 0 Å². The van der Waals surface area contributed by atoms with Gasteiger partial charge in [-0.05, 0) is 29.7 Å². The van der Waals surface area contributed by atoms with Crippen LogP contribution >= 0.6 is 11.6 Å². The lowest BCUT2D eigenvalue weighted by Gasteiger charge is -2.24. The van der Waals surface area contributed by atoms with E-state index in [1.165, 1.54) is 0 Å². The summed E-state index contributed by atoms with van der Waals surface area (Å²) in [6, 6.07) is 6.08. The van der Waals surface area contributed by atoms with Crippen LogP contribution in [0.25, 0.3) is 10.9 Å². The van der Waals surface area contributed by atoms with E-state index in [1.54, 1.807) is 0 Å². The zero-order chi connectivity index (χ0) is 15.0. The van der Waals surface area contributed by atoms with Crippen LogP contribution in [0.1, 0.15) is 37.4 Å². The first-order chi connectivity index (χ1) is 10.0. The van der Waals surface area contributed by atoms with Crippen LogP contribution in [0, 0.1) is 0 Å². The Bertz CT molecular complexity index is 674. The van der Waals surface area contributed by atoms with Gasteiger partial charge in [-0.1, -0.05) is 25.4 Å². The molecule has 0 spiro atoms. The van der Waals surface area contributed by atoms with Gasteiger partial charge in [0.15, 0.2) is 0 Å². The highest BCUT2D eigenvalue weighted by Gasteiger charge is 2.25. The Kier molecular flexibility index (Phi) is 3.91. The lowest BCUT2D eigenvalue weighted by molar-refractivity contribution is -0.145. The van der Waals surface area contributed by atoms with E-state index in [0.29, 0.717) is 19.1 Å². The number of aromatic amines is 1. The van der Waals surface area contributed by atoms with Gasteiger partial charge >= 0.3 is 0 Å². The minimum Gasteiger partial charge on any atom is -0.368 e. The SMILES string of the molecule is CC(C)c1cc2[nH]c(CNC(=O)C3CCO3)cc2cc1Cl. The Morgan fingerprint density at radius 1 is 1.48 bits per heavy atom. The molecule has 112 valence electrons. The molecule has 1 aliphatic rings. The number of carbonyl (C=O) groups excluding carboxylic acids is 1. The maximum Gasteiger partial charge on any atom is 0.249 e. The molecule has 1 saturated heterocycles. The predicted octanol–water partition coefficient (Wildman–Crippen LogP) is 3.35. The van der Waals surface area contributed by atoms with Crippen LogP contribution in [-0.4, -0.2) is 23.6 Å². The van der Waals surface area contributed by atoms with E-state index in [0.717, 1.165) is 33.6 Å². The lowest BCUT2D eigenvalue weighted by atomic mass is 10.0. The van der Waals surface area contributed by atoms with Gasteiger partial charge in [0.2, 0.25) is 5.91 Å². The fourth-order valence-corrected chi connectivity index (χ4v) is 2.90. The highest BCUT2D eigenvalue weighted by atomic mass is 35.5. The second kappa shape index (κ2) is 5.70. The molecule has 4 nitrogen and oxygen atoms in total. The average molecular weight is 307 g/mol. The molecule has 21 heavy (non-hydrogen) atoms. The molecule has 1 amide bonds. The number of aromatic nitrogens is 1. The minimum atomic E-state index is -0.267. The number of carbonyl (C=O) groups is 1. The summed E-state index contributed by atoms with van der Waals surface area (Å²) in [5.74, 6) is 0.338. The molecule has 1 aromatic heterocycles. The van der Waals surface area contributed by atoms with Gasteiger partial charge in [0, 0.05) is 28.0 Å². The number of H-pyrrole nitrogens is 1. The van der Waals surface area contributed by atoms with Gasteiger partial charge in [0.1, 0.15) is 6.10 Å². The van der Waals surface area contributed by atoms with Gasteiger partial charge in [-0.2, -0.15) is 0 Å². The third-order valence-corrected chi connectivity index (χ3v) is 4.19. The summed E-state index contributed by atoms with van der Waals surface area (Å²) in [4.78, 5) is 15.1. The normalized spacial score (nSPS) is 18.0. The van der Waals surface area contributed by atoms with E-state index in [9.17, 15) is 4.79 Å². The van der Waals surface area contributed by atoms with E-state index in [2.05, 4.69) is 30.2 Å². The van der Waals surface area contributed by atoms with Crippen molar-refractivity contribution in [3.8, 4) is 0 Å². The Morgan fingerprint density at radius 2 is 2.24 bits per heavy atom. The molecule has 1 atom stereocenters. The van der Waals surface area contributed by atoms with Crippen LogP contribution in [0.3, 0.4) is 0 Å². The van der Waals surface area contributed by atoms with Crippen molar-refractivity contribution in [2.75, 3.05) is 6.61 Å². The molecule has 0 saturated carbocycles.